The minimum absolute atomic E-state index is 0.396. The number of fused-ring (bicyclic) bond motifs is 1. The minimum atomic E-state index is 0.396. The molecule has 0 radical (unpaired) electrons. The molecule has 0 spiro atoms. The van der Waals surface area contributed by atoms with Crippen LogP contribution in [-0.4, -0.2) is 16.4 Å². The zero-order valence-corrected chi connectivity index (χ0v) is 8.62. The molecule has 1 aliphatic heterocycles. The molecule has 11 heavy (non-hydrogen) atoms. The van der Waals surface area contributed by atoms with Crippen LogP contribution in [0.15, 0.2) is 0 Å². The van der Waals surface area contributed by atoms with Gasteiger partial charge in [0, 0.05) is 0 Å². The first-order valence-corrected chi connectivity index (χ1v) is 4.65. The molecule has 2 rings (SSSR count). The average Bonchev–Trinajstić information content (AvgIpc) is 2.43. The maximum absolute atomic E-state index is 5.46. The molecule has 1 aromatic rings. The lowest BCUT2D eigenvalue weighted by Crippen LogP contribution is -2.03. The number of nitrogens with zero attached hydrogens (tertiary/aromatic N) is 2. The number of ether oxygens (including phenoxy) is 1. The quantitative estimate of drug-likeness (QED) is 0.667. The molecule has 4 heteroatoms. The smallest absolute Gasteiger partial charge is 0.226 e. The highest BCUT2D eigenvalue weighted by Crippen LogP contribution is 2.31. The molecule has 0 saturated carbocycles. The van der Waals surface area contributed by atoms with Crippen LogP contribution in [0.3, 0.4) is 0 Å². The number of aryl methyl sites for hydroxylation is 1. The van der Waals surface area contributed by atoms with E-state index in [9.17, 15) is 0 Å². The second-order valence-electron chi connectivity index (χ2n) is 2.81. The van der Waals surface area contributed by atoms with E-state index in [0.29, 0.717) is 6.04 Å². The molecule has 1 unspecified atom stereocenters. The van der Waals surface area contributed by atoms with Crippen LogP contribution in [0.2, 0.25) is 0 Å². The van der Waals surface area contributed by atoms with Crippen molar-refractivity contribution in [3.8, 4) is 5.88 Å². The van der Waals surface area contributed by atoms with Gasteiger partial charge in [0.05, 0.1) is 15.3 Å². The molecule has 2 heterocycles. The van der Waals surface area contributed by atoms with Gasteiger partial charge in [-0.25, -0.2) is 4.68 Å². The third-order valence-corrected chi connectivity index (χ3v) is 3.09. The average molecular weight is 264 g/mol. The van der Waals surface area contributed by atoms with Gasteiger partial charge in [0.15, 0.2) is 0 Å². The van der Waals surface area contributed by atoms with Crippen molar-refractivity contribution >= 4 is 22.6 Å². The molecular weight excluding hydrogens is 255 g/mol. The number of halogens is 1. The lowest BCUT2D eigenvalue weighted by molar-refractivity contribution is 0.331. The highest BCUT2D eigenvalue weighted by Gasteiger charge is 2.24. The van der Waals surface area contributed by atoms with Crippen molar-refractivity contribution in [2.75, 3.05) is 6.61 Å². The third kappa shape index (κ3) is 0.953. The van der Waals surface area contributed by atoms with Crippen LogP contribution in [0.4, 0.5) is 0 Å². The summed E-state index contributed by atoms with van der Waals surface area (Å²) in [6.07, 6.45) is 0. The Morgan fingerprint density at radius 3 is 3.09 bits per heavy atom. The van der Waals surface area contributed by atoms with E-state index in [1.54, 1.807) is 0 Å². The summed E-state index contributed by atoms with van der Waals surface area (Å²) in [6.45, 7) is 4.88. The maximum atomic E-state index is 5.46. The first-order valence-electron chi connectivity index (χ1n) is 3.57. The molecule has 1 aliphatic rings. The predicted octanol–water partition coefficient (Wildman–Crippen LogP) is 1.75. The van der Waals surface area contributed by atoms with Crippen molar-refractivity contribution in [2.24, 2.45) is 0 Å². The Kier molecular flexibility index (Phi) is 1.59. The molecule has 0 aliphatic carbocycles. The highest BCUT2D eigenvalue weighted by atomic mass is 127. The van der Waals surface area contributed by atoms with E-state index in [4.69, 9.17) is 4.74 Å². The second-order valence-corrected chi connectivity index (χ2v) is 3.89. The molecule has 60 valence electrons. The Morgan fingerprint density at radius 1 is 1.73 bits per heavy atom. The number of aromatic nitrogens is 2. The van der Waals surface area contributed by atoms with Gasteiger partial charge in [0.1, 0.15) is 6.61 Å². The largest absolute Gasteiger partial charge is 0.475 e. The fourth-order valence-electron chi connectivity index (χ4n) is 1.20. The van der Waals surface area contributed by atoms with Gasteiger partial charge in [-0.15, -0.1) is 0 Å². The summed E-state index contributed by atoms with van der Waals surface area (Å²) in [5, 5.41) is 4.36. The second kappa shape index (κ2) is 2.36. The van der Waals surface area contributed by atoms with Gasteiger partial charge in [-0.1, -0.05) is 0 Å². The molecule has 3 nitrogen and oxygen atoms in total. The summed E-state index contributed by atoms with van der Waals surface area (Å²) >= 11 is 2.27. The summed E-state index contributed by atoms with van der Waals surface area (Å²) in [7, 11) is 0. The van der Waals surface area contributed by atoms with E-state index in [0.717, 1.165) is 21.8 Å². The van der Waals surface area contributed by atoms with Gasteiger partial charge in [0.25, 0.3) is 0 Å². The van der Waals surface area contributed by atoms with Gasteiger partial charge in [-0.2, -0.15) is 5.10 Å². The molecule has 0 aromatic carbocycles. The van der Waals surface area contributed by atoms with Crippen molar-refractivity contribution in [2.45, 2.75) is 19.9 Å². The first kappa shape index (κ1) is 7.39. The zero-order valence-electron chi connectivity index (χ0n) is 6.47. The third-order valence-electron chi connectivity index (χ3n) is 1.85. The summed E-state index contributed by atoms with van der Waals surface area (Å²) in [4.78, 5) is 0. The van der Waals surface area contributed by atoms with Gasteiger partial charge in [-0.05, 0) is 36.4 Å². The van der Waals surface area contributed by atoms with Gasteiger partial charge < -0.3 is 4.74 Å². The molecular formula is C7H9IN2O. The van der Waals surface area contributed by atoms with Gasteiger partial charge in [-0.3, -0.25) is 0 Å². The van der Waals surface area contributed by atoms with Gasteiger partial charge >= 0.3 is 0 Å². The fraction of sp³-hybridized carbons (Fsp3) is 0.571. The molecule has 0 saturated heterocycles. The van der Waals surface area contributed by atoms with E-state index >= 15 is 0 Å². The van der Waals surface area contributed by atoms with Crippen LogP contribution < -0.4 is 4.74 Å². The zero-order chi connectivity index (χ0) is 8.01. The molecule has 0 fully saturated rings. The van der Waals surface area contributed by atoms with E-state index in [2.05, 4.69) is 34.6 Å². The fourth-order valence-corrected chi connectivity index (χ4v) is 1.72. The Labute approximate surface area is 78.9 Å². The number of rotatable bonds is 0. The van der Waals surface area contributed by atoms with E-state index < -0.39 is 0 Å². The van der Waals surface area contributed by atoms with Crippen LogP contribution in [0.25, 0.3) is 0 Å². The van der Waals surface area contributed by atoms with Crippen LogP contribution in [0.5, 0.6) is 5.88 Å². The van der Waals surface area contributed by atoms with Crippen molar-refractivity contribution in [3.05, 3.63) is 9.26 Å². The Hall–Kier alpha value is -0.260. The predicted molar refractivity (Wildman–Crippen MR) is 49.9 cm³/mol. The summed E-state index contributed by atoms with van der Waals surface area (Å²) < 4.78 is 8.56. The van der Waals surface area contributed by atoms with E-state index in [1.807, 2.05) is 11.6 Å². The van der Waals surface area contributed by atoms with Crippen LogP contribution in [0.1, 0.15) is 18.7 Å². The lowest BCUT2D eigenvalue weighted by Gasteiger charge is -1.97. The minimum Gasteiger partial charge on any atom is -0.475 e. The van der Waals surface area contributed by atoms with E-state index in [-0.39, 0.29) is 0 Å². The Morgan fingerprint density at radius 2 is 2.45 bits per heavy atom. The molecule has 1 aromatic heterocycles. The van der Waals surface area contributed by atoms with Crippen molar-refractivity contribution in [1.82, 2.24) is 9.78 Å². The molecule has 1 atom stereocenters. The monoisotopic (exact) mass is 264 g/mol. The van der Waals surface area contributed by atoms with Gasteiger partial charge in [0.2, 0.25) is 5.88 Å². The summed E-state index contributed by atoms with van der Waals surface area (Å²) in [5.74, 6) is 0.940. The lowest BCUT2D eigenvalue weighted by atomic mass is 10.4. The number of hydrogen-bond acceptors (Lipinski definition) is 2. The normalized spacial score (nSPS) is 21.5. The number of hydrogen-bond donors (Lipinski definition) is 0. The topological polar surface area (TPSA) is 27.1 Å². The first-order chi connectivity index (χ1) is 5.20. The Balaban J connectivity index is 2.57. The SMILES string of the molecule is Cc1nn2c(c1I)OCC2C. The van der Waals surface area contributed by atoms with Crippen molar-refractivity contribution in [3.63, 3.8) is 0 Å². The Bertz CT molecular complexity index is 295. The molecule has 0 N–H and O–H groups in total. The van der Waals surface area contributed by atoms with Crippen LogP contribution >= 0.6 is 22.6 Å². The summed E-state index contributed by atoms with van der Waals surface area (Å²) in [5.41, 5.74) is 1.06. The van der Waals surface area contributed by atoms with Crippen LogP contribution in [0, 0.1) is 10.5 Å². The maximum Gasteiger partial charge on any atom is 0.226 e. The molecule has 0 bridgehead atoms. The van der Waals surface area contributed by atoms with E-state index in [1.165, 1.54) is 0 Å². The van der Waals surface area contributed by atoms with Crippen molar-refractivity contribution < 1.29 is 4.74 Å². The summed E-state index contributed by atoms with van der Waals surface area (Å²) in [6, 6.07) is 0.396. The standard InChI is InChI=1S/C7H9IN2O/c1-4-3-11-7-6(8)5(2)9-10(4)7/h4H,3H2,1-2H3. The highest BCUT2D eigenvalue weighted by molar-refractivity contribution is 14.1. The molecule has 0 amide bonds. The van der Waals surface area contributed by atoms with Crippen molar-refractivity contribution in [1.29, 1.82) is 0 Å². The van der Waals surface area contributed by atoms with Crippen LogP contribution in [-0.2, 0) is 0 Å².